The van der Waals surface area contributed by atoms with Crippen LogP contribution in [0.25, 0.3) is 0 Å². The number of hydrogen-bond donors (Lipinski definition) is 1. The lowest BCUT2D eigenvalue weighted by molar-refractivity contribution is -0.385. The van der Waals surface area contributed by atoms with Crippen molar-refractivity contribution in [2.24, 2.45) is 7.05 Å². The van der Waals surface area contributed by atoms with E-state index in [1.807, 2.05) is 13.0 Å². The van der Waals surface area contributed by atoms with Crippen molar-refractivity contribution in [1.82, 2.24) is 9.78 Å². The first-order chi connectivity index (χ1) is 9.01. The van der Waals surface area contributed by atoms with Crippen molar-refractivity contribution in [3.63, 3.8) is 0 Å². The smallest absolute Gasteiger partial charge is 0.287 e. The second kappa shape index (κ2) is 4.78. The first kappa shape index (κ1) is 12.6. The van der Waals surface area contributed by atoms with E-state index in [1.165, 1.54) is 12.1 Å². The van der Waals surface area contributed by atoms with E-state index < -0.39 is 4.92 Å². The molecule has 0 aliphatic rings. The van der Waals surface area contributed by atoms with E-state index in [0.717, 1.165) is 11.4 Å². The largest absolute Gasteiger partial charge is 0.353 e. The highest BCUT2D eigenvalue weighted by Gasteiger charge is 2.14. The van der Waals surface area contributed by atoms with Crippen LogP contribution in [0.15, 0.2) is 24.4 Å². The molecule has 7 heteroatoms. The number of nitrogens with one attached hydrogen (secondary N) is 1. The molecular weight excluding hydrogens is 246 g/mol. The summed E-state index contributed by atoms with van der Waals surface area (Å²) in [5.41, 5.74) is 2.03. The van der Waals surface area contributed by atoms with Crippen molar-refractivity contribution < 1.29 is 4.92 Å². The zero-order valence-corrected chi connectivity index (χ0v) is 10.4. The number of benzene rings is 1. The molecule has 96 valence electrons. The van der Waals surface area contributed by atoms with E-state index in [9.17, 15) is 10.1 Å². The molecule has 1 heterocycles. The second-order valence-electron chi connectivity index (χ2n) is 4.03. The Morgan fingerprint density at radius 2 is 2.26 bits per heavy atom. The van der Waals surface area contributed by atoms with Crippen LogP contribution in [0.4, 0.5) is 17.1 Å². The van der Waals surface area contributed by atoms with Gasteiger partial charge in [-0.25, -0.2) is 0 Å². The van der Waals surface area contributed by atoms with E-state index >= 15 is 0 Å². The minimum atomic E-state index is -0.572. The Balaban J connectivity index is 2.35. The molecule has 2 aromatic rings. The predicted octanol–water partition coefficient (Wildman–Crippen LogP) is 2.25. The predicted molar refractivity (Wildman–Crippen MR) is 69.0 cm³/mol. The maximum Gasteiger partial charge on any atom is 0.287 e. The van der Waals surface area contributed by atoms with Crippen molar-refractivity contribution >= 4 is 17.1 Å². The molecule has 1 aromatic heterocycles. The molecule has 0 saturated carbocycles. The van der Waals surface area contributed by atoms with Gasteiger partial charge in [0.1, 0.15) is 11.6 Å². The Labute approximate surface area is 109 Å². The van der Waals surface area contributed by atoms with Gasteiger partial charge in [0.2, 0.25) is 0 Å². The van der Waals surface area contributed by atoms with E-state index in [-0.39, 0.29) is 11.3 Å². The monoisotopic (exact) mass is 257 g/mol. The molecule has 0 atom stereocenters. The standard InChI is InChI=1S/C12H11N5O2/c1-8-11(7-16(2)15-8)14-10-3-4-12(17(18)19)9(5-10)6-13/h3-5,7,14H,1-2H3. The van der Waals surface area contributed by atoms with E-state index in [4.69, 9.17) is 5.26 Å². The van der Waals surface area contributed by atoms with Gasteiger partial charge in [-0.3, -0.25) is 14.8 Å². The number of nitriles is 1. The van der Waals surface area contributed by atoms with Crippen LogP contribution in [-0.4, -0.2) is 14.7 Å². The molecule has 0 aliphatic carbocycles. The number of nitro benzene ring substituents is 1. The Morgan fingerprint density at radius 3 is 2.79 bits per heavy atom. The van der Waals surface area contributed by atoms with Crippen molar-refractivity contribution in [2.75, 3.05) is 5.32 Å². The Morgan fingerprint density at radius 1 is 1.53 bits per heavy atom. The fourth-order valence-corrected chi connectivity index (χ4v) is 1.74. The third kappa shape index (κ3) is 2.52. The summed E-state index contributed by atoms with van der Waals surface area (Å²) in [5, 5.41) is 26.9. The van der Waals surface area contributed by atoms with Gasteiger partial charge in [0.25, 0.3) is 5.69 Å². The molecule has 2 rings (SSSR count). The van der Waals surface area contributed by atoms with Crippen molar-refractivity contribution in [3.8, 4) is 6.07 Å². The zero-order chi connectivity index (χ0) is 14.0. The van der Waals surface area contributed by atoms with E-state index in [2.05, 4.69) is 10.4 Å². The highest BCUT2D eigenvalue weighted by molar-refractivity contribution is 5.65. The van der Waals surface area contributed by atoms with Gasteiger partial charge >= 0.3 is 0 Å². The van der Waals surface area contributed by atoms with Gasteiger partial charge in [0, 0.05) is 25.0 Å². The lowest BCUT2D eigenvalue weighted by atomic mass is 10.1. The summed E-state index contributed by atoms with van der Waals surface area (Å²) in [6.45, 7) is 1.85. The number of anilines is 2. The van der Waals surface area contributed by atoms with Crippen LogP contribution in [0, 0.1) is 28.4 Å². The van der Waals surface area contributed by atoms with Crippen LogP contribution in [0.5, 0.6) is 0 Å². The zero-order valence-electron chi connectivity index (χ0n) is 10.4. The first-order valence-corrected chi connectivity index (χ1v) is 5.47. The molecule has 0 saturated heterocycles. The van der Waals surface area contributed by atoms with Gasteiger partial charge in [-0.1, -0.05) is 0 Å². The third-order valence-corrected chi connectivity index (χ3v) is 2.61. The minimum Gasteiger partial charge on any atom is -0.353 e. The summed E-state index contributed by atoms with van der Waals surface area (Å²) in [6, 6.07) is 6.14. The average Bonchev–Trinajstić information content (AvgIpc) is 2.67. The van der Waals surface area contributed by atoms with Crippen LogP contribution in [-0.2, 0) is 7.05 Å². The minimum absolute atomic E-state index is 0.0246. The molecule has 1 aromatic carbocycles. The van der Waals surface area contributed by atoms with Crippen LogP contribution in [0.2, 0.25) is 0 Å². The van der Waals surface area contributed by atoms with Crippen LogP contribution in [0.3, 0.4) is 0 Å². The van der Waals surface area contributed by atoms with Gasteiger partial charge in [0.05, 0.1) is 16.3 Å². The quantitative estimate of drug-likeness (QED) is 0.671. The Kier molecular flexibility index (Phi) is 3.16. The van der Waals surface area contributed by atoms with E-state index in [0.29, 0.717) is 5.69 Å². The second-order valence-corrected chi connectivity index (χ2v) is 4.03. The first-order valence-electron chi connectivity index (χ1n) is 5.47. The number of rotatable bonds is 3. The van der Waals surface area contributed by atoms with Crippen LogP contribution < -0.4 is 5.32 Å². The number of nitro groups is 1. The molecule has 7 nitrogen and oxygen atoms in total. The van der Waals surface area contributed by atoms with Crippen molar-refractivity contribution in [3.05, 3.63) is 45.8 Å². The summed E-state index contributed by atoms with van der Waals surface area (Å²) >= 11 is 0. The summed E-state index contributed by atoms with van der Waals surface area (Å²) in [4.78, 5) is 10.2. The third-order valence-electron chi connectivity index (χ3n) is 2.61. The van der Waals surface area contributed by atoms with Gasteiger partial charge in [0.15, 0.2) is 0 Å². The SMILES string of the molecule is Cc1nn(C)cc1Nc1ccc([N+](=O)[O-])c(C#N)c1. The van der Waals surface area contributed by atoms with Gasteiger partial charge in [-0.2, -0.15) is 10.4 Å². The highest BCUT2D eigenvalue weighted by Crippen LogP contribution is 2.25. The topological polar surface area (TPSA) is 96.8 Å². The summed E-state index contributed by atoms with van der Waals surface area (Å²) in [6.07, 6.45) is 1.79. The summed E-state index contributed by atoms with van der Waals surface area (Å²) in [5.74, 6) is 0. The fraction of sp³-hybridized carbons (Fsp3) is 0.167. The van der Waals surface area contributed by atoms with Gasteiger partial charge in [-0.15, -0.1) is 0 Å². The number of hydrogen-bond acceptors (Lipinski definition) is 5. The molecule has 19 heavy (non-hydrogen) atoms. The van der Waals surface area contributed by atoms with Crippen LogP contribution in [0.1, 0.15) is 11.3 Å². The maximum absolute atomic E-state index is 10.7. The van der Waals surface area contributed by atoms with Crippen LogP contribution >= 0.6 is 0 Å². The number of nitrogens with zero attached hydrogens (tertiary/aromatic N) is 4. The van der Waals surface area contributed by atoms with Gasteiger partial charge in [-0.05, 0) is 19.1 Å². The summed E-state index contributed by atoms with van der Waals surface area (Å²) in [7, 11) is 1.80. The molecule has 1 N–H and O–H groups in total. The van der Waals surface area contributed by atoms with Crippen molar-refractivity contribution in [1.29, 1.82) is 5.26 Å². The molecule has 0 amide bonds. The summed E-state index contributed by atoms with van der Waals surface area (Å²) < 4.78 is 1.66. The molecule has 0 unspecified atom stereocenters. The molecule has 0 fully saturated rings. The molecular formula is C12H11N5O2. The highest BCUT2D eigenvalue weighted by atomic mass is 16.6. The van der Waals surface area contributed by atoms with E-state index in [1.54, 1.807) is 24.0 Å². The van der Waals surface area contributed by atoms with Gasteiger partial charge < -0.3 is 5.32 Å². The molecule has 0 spiro atoms. The van der Waals surface area contributed by atoms with Crippen molar-refractivity contribution in [2.45, 2.75) is 6.92 Å². The fourth-order valence-electron chi connectivity index (χ4n) is 1.74. The number of aromatic nitrogens is 2. The normalized spacial score (nSPS) is 9.95. The lowest BCUT2D eigenvalue weighted by Crippen LogP contribution is -1.95. The molecule has 0 aliphatic heterocycles. The Bertz CT molecular complexity index is 684. The Hall–Kier alpha value is -2.88. The molecule has 0 radical (unpaired) electrons. The molecule has 0 bridgehead atoms. The maximum atomic E-state index is 10.7. The number of aryl methyl sites for hydroxylation is 2. The average molecular weight is 257 g/mol. The lowest BCUT2D eigenvalue weighted by Gasteiger charge is -2.05.